The Bertz CT molecular complexity index is 492. The van der Waals surface area contributed by atoms with Crippen LogP contribution in [-0.2, 0) is 0 Å². The molecule has 1 N–H and O–H groups in total. The van der Waals surface area contributed by atoms with E-state index in [0.717, 1.165) is 17.0 Å². The summed E-state index contributed by atoms with van der Waals surface area (Å²) in [6.07, 6.45) is 1.78. The van der Waals surface area contributed by atoms with Gasteiger partial charge in [0, 0.05) is 0 Å². The fraction of sp³-hybridized carbons (Fsp3) is 0.188. The number of hydrogen-bond donors (Lipinski definition) is 1. The summed E-state index contributed by atoms with van der Waals surface area (Å²) in [7, 11) is 0. The maximum Gasteiger partial charge on any atom is 0.119 e. The first kappa shape index (κ1) is 14.8. The quantitative estimate of drug-likeness (QED) is 0.643. The highest BCUT2D eigenvalue weighted by molar-refractivity contribution is 5.80. The van der Waals surface area contributed by atoms with Crippen LogP contribution in [0, 0.1) is 0 Å². The third-order valence-corrected chi connectivity index (χ3v) is 2.37. The average Bonchev–Trinajstić information content (AvgIpc) is 2.42. The van der Waals surface area contributed by atoms with E-state index in [4.69, 9.17) is 4.74 Å². The third kappa shape index (κ3) is 4.84. The van der Waals surface area contributed by atoms with Crippen LogP contribution in [0.1, 0.15) is 19.9 Å². The molecule has 100 valence electrons. The van der Waals surface area contributed by atoms with Crippen LogP contribution in [0.5, 0.6) is 5.75 Å². The minimum absolute atomic E-state index is 0. The lowest BCUT2D eigenvalue weighted by Crippen LogP contribution is -1.92. The van der Waals surface area contributed by atoms with E-state index >= 15 is 0 Å². The Morgan fingerprint density at radius 1 is 1.05 bits per heavy atom. The van der Waals surface area contributed by atoms with Crippen molar-refractivity contribution in [3.05, 3.63) is 60.2 Å². The Morgan fingerprint density at radius 2 is 1.74 bits per heavy atom. The summed E-state index contributed by atoms with van der Waals surface area (Å²) in [5.74, 6) is 0.880. The normalized spacial score (nSPS) is 9.95. The molecular weight excluding hydrogens is 236 g/mol. The molecule has 3 heteroatoms. The number of rotatable bonds is 5. The van der Waals surface area contributed by atoms with Gasteiger partial charge in [-0.3, -0.25) is 5.43 Å². The highest BCUT2D eigenvalue weighted by atomic mass is 16.5. The summed E-state index contributed by atoms with van der Waals surface area (Å²) in [5, 5.41) is 4.17. The van der Waals surface area contributed by atoms with Crippen molar-refractivity contribution in [1.29, 1.82) is 0 Å². The van der Waals surface area contributed by atoms with Crippen molar-refractivity contribution >= 4 is 11.9 Å². The molecule has 0 aliphatic carbocycles. The summed E-state index contributed by atoms with van der Waals surface area (Å²) in [6.45, 7) is 2.65. The topological polar surface area (TPSA) is 33.6 Å². The molecule has 0 spiro atoms. The van der Waals surface area contributed by atoms with E-state index < -0.39 is 0 Å². The van der Waals surface area contributed by atoms with Crippen molar-refractivity contribution < 1.29 is 4.74 Å². The highest BCUT2D eigenvalue weighted by Crippen LogP contribution is 2.11. The first-order valence-electron chi connectivity index (χ1n) is 5.95. The molecule has 0 saturated carbocycles. The van der Waals surface area contributed by atoms with Crippen molar-refractivity contribution in [1.82, 2.24) is 0 Å². The van der Waals surface area contributed by atoms with Gasteiger partial charge in [0.05, 0.1) is 18.5 Å². The zero-order valence-electron chi connectivity index (χ0n) is 10.3. The molecule has 0 radical (unpaired) electrons. The Hall–Kier alpha value is -2.29. The lowest BCUT2D eigenvalue weighted by Gasteiger charge is -2.02. The Kier molecular flexibility index (Phi) is 6.16. The molecule has 0 aliphatic rings. The summed E-state index contributed by atoms with van der Waals surface area (Å²) < 4.78 is 5.37. The lowest BCUT2D eigenvalue weighted by atomic mass is 10.2. The summed E-state index contributed by atoms with van der Waals surface area (Å²) in [4.78, 5) is 0. The van der Waals surface area contributed by atoms with Gasteiger partial charge in [0.1, 0.15) is 5.75 Å². The van der Waals surface area contributed by atoms with Gasteiger partial charge in [-0.2, -0.15) is 5.10 Å². The first-order chi connectivity index (χ1) is 8.88. The van der Waals surface area contributed by atoms with Gasteiger partial charge in [0.2, 0.25) is 0 Å². The van der Waals surface area contributed by atoms with Crippen LogP contribution in [0.25, 0.3) is 0 Å². The molecule has 0 saturated heterocycles. The molecule has 3 nitrogen and oxygen atoms in total. The number of anilines is 1. The number of ether oxygens (including phenoxy) is 1. The third-order valence-electron chi connectivity index (χ3n) is 2.37. The van der Waals surface area contributed by atoms with Gasteiger partial charge in [-0.25, -0.2) is 0 Å². The Labute approximate surface area is 114 Å². The van der Waals surface area contributed by atoms with Crippen LogP contribution < -0.4 is 10.2 Å². The minimum Gasteiger partial charge on any atom is -0.494 e. The van der Waals surface area contributed by atoms with Gasteiger partial charge >= 0.3 is 0 Å². The molecule has 2 aromatic rings. The van der Waals surface area contributed by atoms with Crippen LogP contribution in [-0.4, -0.2) is 12.8 Å². The summed E-state index contributed by atoms with van der Waals surface area (Å²) in [5.41, 5.74) is 4.97. The molecule has 0 aliphatic heterocycles. The van der Waals surface area contributed by atoms with E-state index in [1.54, 1.807) is 6.21 Å². The van der Waals surface area contributed by atoms with Crippen LogP contribution in [0.15, 0.2) is 59.7 Å². The fourth-order valence-electron chi connectivity index (χ4n) is 1.51. The van der Waals surface area contributed by atoms with Gasteiger partial charge in [-0.1, -0.05) is 25.6 Å². The fourth-order valence-corrected chi connectivity index (χ4v) is 1.51. The molecule has 0 atom stereocenters. The SMILES string of the molecule is C.CCOc1ccc(/C=N/Nc2ccccc2)cc1. The van der Waals surface area contributed by atoms with Crippen molar-refractivity contribution in [3.8, 4) is 5.75 Å². The number of para-hydroxylation sites is 1. The van der Waals surface area contributed by atoms with Crippen molar-refractivity contribution in [3.63, 3.8) is 0 Å². The highest BCUT2D eigenvalue weighted by Gasteiger charge is 1.92. The van der Waals surface area contributed by atoms with E-state index in [0.29, 0.717) is 6.61 Å². The predicted octanol–water partition coefficient (Wildman–Crippen LogP) is 4.17. The van der Waals surface area contributed by atoms with E-state index in [1.807, 2.05) is 61.5 Å². The number of hydrogen-bond acceptors (Lipinski definition) is 3. The standard InChI is InChI=1S/C15H16N2O.CH4/c1-2-18-15-10-8-13(9-11-15)12-16-17-14-6-4-3-5-7-14;/h3-12,17H,2H2,1H3;1H4/b16-12+;. The first-order valence-corrected chi connectivity index (χ1v) is 5.95. The van der Waals surface area contributed by atoms with E-state index in [9.17, 15) is 0 Å². The van der Waals surface area contributed by atoms with Gasteiger partial charge in [0.25, 0.3) is 0 Å². The second-order valence-electron chi connectivity index (χ2n) is 3.74. The van der Waals surface area contributed by atoms with Crippen LogP contribution >= 0.6 is 0 Å². The van der Waals surface area contributed by atoms with Crippen LogP contribution in [0.2, 0.25) is 0 Å². The largest absolute Gasteiger partial charge is 0.494 e. The summed E-state index contributed by atoms with van der Waals surface area (Å²) >= 11 is 0. The predicted molar refractivity (Wildman–Crippen MR) is 82.0 cm³/mol. The lowest BCUT2D eigenvalue weighted by molar-refractivity contribution is 0.340. The Morgan fingerprint density at radius 3 is 2.37 bits per heavy atom. The zero-order valence-corrected chi connectivity index (χ0v) is 10.3. The van der Waals surface area contributed by atoms with Crippen molar-refractivity contribution in [2.75, 3.05) is 12.0 Å². The van der Waals surface area contributed by atoms with Gasteiger partial charge < -0.3 is 4.74 Å². The zero-order chi connectivity index (χ0) is 12.6. The number of benzene rings is 2. The number of nitrogens with one attached hydrogen (secondary N) is 1. The van der Waals surface area contributed by atoms with Gasteiger partial charge in [-0.05, 0) is 48.9 Å². The molecule has 0 fully saturated rings. The average molecular weight is 256 g/mol. The smallest absolute Gasteiger partial charge is 0.119 e. The van der Waals surface area contributed by atoms with Crippen molar-refractivity contribution in [2.24, 2.45) is 5.10 Å². The van der Waals surface area contributed by atoms with Crippen LogP contribution in [0.3, 0.4) is 0 Å². The molecular formula is C16H20N2O. The second-order valence-corrected chi connectivity index (χ2v) is 3.74. The maximum absolute atomic E-state index is 5.37. The van der Waals surface area contributed by atoms with E-state index in [2.05, 4.69) is 10.5 Å². The number of nitrogens with zero attached hydrogens (tertiary/aromatic N) is 1. The van der Waals surface area contributed by atoms with Crippen molar-refractivity contribution in [2.45, 2.75) is 14.4 Å². The minimum atomic E-state index is 0. The molecule has 0 aromatic heterocycles. The van der Waals surface area contributed by atoms with Gasteiger partial charge in [-0.15, -0.1) is 0 Å². The molecule has 2 rings (SSSR count). The summed E-state index contributed by atoms with van der Waals surface area (Å²) in [6, 6.07) is 17.7. The second kappa shape index (κ2) is 7.93. The molecule has 0 heterocycles. The van der Waals surface area contributed by atoms with Gasteiger partial charge in [0.15, 0.2) is 0 Å². The monoisotopic (exact) mass is 256 g/mol. The molecule has 0 amide bonds. The van der Waals surface area contributed by atoms with E-state index in [-0.39, 0.29) is 7.43 Å². The van der Waals surface area contributed by atoms with E-state index in [1.165, 1.54) is 0 Å². The molecule has 0 unspecified atom stereocenters. The number of hydrazone groups is 1. The van der Waals surface area contributed by atoms with Crippen LogP contribution in [0.4, 0.5) is 5.69 Å². The molecule has 19 heavy (non-hydrogen) atoms. The maximum atomic E-state index is 5.37. The molecule has 2 aromatic carbocycles. The Balaban J connectivity index is 0.00000180. The molecule has 0 bridgehead atoms.